The zero-order chi connectivity index (χ0) is 9.84. The summed E-state index contributed by atoms with van der Waals surface area (Å²) in [4.78, 5) is 10.6. The Kier molecular flexibility index (Phi) is 2.95. The van der Waals surface area contributed by atoms with Gasteiger partial charge in [0, 0.05) is 6.92 Å². The predicted molar refractivity (Wildman–Crippen MR) is 49.7 cm³/mol. The highest BCUT2D eigenvalue weighted by atomic mass is 16.5. The smallest absolute Gasteiger partial charge is 0.308 e. The van der Waals surface area contributed by atoms with Crippen molar-refractivity contribution in [2.75, 3.05) is 7.11 Å². The van der Waals surface area contributed by atoms with E-state index in [9.17, 15) is 4.79 Å². The van der Waals surface area contributed by atoms with E-state index in [1.165, 1.54) is 14.0 Å². The Labute approximate surface area is 78.1 Å². The summed E-state index contributed by atoms with van der Waals surface area (Å²) in [5, 5.41) is 0. The van der Waals surface area contributed by atoms with Gasteiger partial charge in [0.1, 0.15) is 19.3 Å². The van der Waals surface area contributed by atoms with E-state index >= 15 is 0 Å². The summed E-state index contributed by atoms with van der Waals surface area (Å²) in [7, 11) is 7.12. The van der Waals surface area contributed by atoms with Crippen LogP contribution < -0.4 is 14.9 Å². The summed E-state index contributed by atoms with van der Waals surface area (Å²) in [5.74, 6) is 0.617. The third-order valence-corrected chi connectivity index (χ3v) is 1.46. The van der Waals surface area contributed by atoms with Gasteiger partial charge in [0.2, 0.25) is 0 Å². The second-order valence-electron chi connectivity index (χ2n) is 2.50. The van der Waals surface area contributed by atoms with Gasteiger partial charge in [-0.15, -0.1) is 0 Å². The maximum atomic E-state index is 10.6. The zero-order valence-electron chi connectivity index (χ0n) is 7.53. The minimum absolute atomic E-state index is 0.371. The summed E-state index contributed by atoms with van der Waals surface area (Å²) in [6.07, 6.45) is 0. The van der Waals surface area contributed by atoms with E-state index in [0.29, 0.717) is 17.0 Å². The summed E-state index contributed by atoms with van der Waals surface area (Å²) >= 11 is 0. The van der Waals surface area contributed by atoms with Crippen molar-refractivity contribution >= 4 is 19.3 Å². The second kappa shape index (κ2) is 3.98. The normalized spacial score (nSPS) is 9.38. The van der Waals surface area contributed by atoms with E-state index in [0.717, 1.165) is 0 Å². The van der Waals surface area contributed by atoms with Gasteiger partial charge in [-0.2, -0.15) is 0 Å². The summed E-state index contributed by atoms with van der Waals surface area (Å²) < 4.78 is 9.76. The molecule has 0 fully saturated rings. The number of methoxy groups -OCH3 is 1. The maximum absolute atomic E-state index is 10.6. The lowest BCUT2D eigenvalue weighted by atomic mass is 9.95. The van der Waals surface area contributed by atoms with Crippen LogP contribution in [-0.2, 0) is 4.79 Å². The van der Waals surface area contributed by atoms with Gasteiger partial charge in [0.25, 0.3) is 0 Å². The lowest BCUT2D eigenvalue weighted by Gasteiger charge is -2.06. The van der Waals surface area contributed by atoms with Crippen LogP contribution in [0.5, 0.6) is 11.5 Å². The van der Waals surface area contributed by atoms with E-state index in [2.05, 4.69) is 0 Å². The molecule has 0 bridgehead atoms. The molecule has 0 atom stereocenters. The molecule has 0 spiro atoms. The molecule has 0 aromatic heterocycles. The molecule has 1 aromatic carbocycles. The first-order valence-corrected chi connectivity index (χ1v) is 3.75. The lowest BCUT2D eigenvalue weighted by Crippen LogP contribution is -2.09. The third-order valence-electron chi connectivity index (χ3n) is 1.46. The molecule has 1 rings (SSSR count). The number of carbonyl (C=O) groups excluding carboxylic acids is 1. The van der Waals surface area contributed by atoms with E-state index in [4.69, 9.17) is 17.3 Å². The molecule has 4 heteroatoms. The van der Waals surface area contributed by atoms with Crippen LogP contribution in [0, 0.1) is 0 Å². The minimum Gasteiger partial charge on any atom is -0.497 e. The van der Waals surface area contributed by atoms with Crippen molar-refractivity contribution in [2.45, 2.75) is 6.92 Å². The van der Waals surface area contributed by atoms with Gasteiger partial charge in [0.15, 0.2) is 0 Å². The molecule has 1 aromatic rings. The quantitative estimate of drug-likeness (QED) is 0.372. The van der Waals surface area contributed by atoms with Gasteiger partial charge in [-0.3, -0.25) is 4.79 Å². The molecule has 0 saturated carbocycles. The van der Waals surface area contributed by atoms with E-state index < -0.39 is 0 Å². The van der Waals surface area contributed by atoms with E-state index in [1.807, 2.05) is 0 Å². The van der Waals surface area contributed by atoms with Crippen LogP contribution in [0.1, 0.15) is 6.92 Å². The van der Waals surface area contributed by atoms with Crippen LogP contribution in [0.15, 0.2) is 18.2 Å². The second-order valence-corrected chi connectivity index (χ2v) is 2.50. The van der Waals surface area contributed by atoms with Gasteiger partial charge in [0.05, 0.1) is 7.11 Å². The van der Waals surface area contributed by atoms with Crippen LogP contribution in [-0.4, -0.2) is 20.9 Å². The molecule has 0 aliphatic rings. The van der Waals surface area contributed by atoms with Crippen molar-refractivity contribution in [2.24, 2.45) is 0 Å². The molecular formula is C9H9BO3. The monoisotopic (exact) mass is 176 g/mol. The third kappa shape index (κ3) is 2.51. The predicted octanol–water partition coefficient (Wildman–Crippen LogP) is 0.414. The maximum Gasteiger partial charge on any atom is 0.308 e. The van der Waals surface area contributed by atoms with Crippen molar-refractivity contribution in [1.82, 2.24) is 0 Å². The molecule has 0 unspecified atom stereocenters. The zero-order valence-corrected chi connectivity index (χ0v) is 7.53. The average molecular weight is 176 g/mol. The molecule has 0 aliphatic carbocycles. The first kappa shape index (κ1) is 9.64. The van der Waals surface area contributed by atoms with Crippen LogP contribution in [0.2, 0.25) is 0 Å². The van der Waals surface area contributed by atoms with Gasteiger partial charge in [-0.25, -0.2) is 0 Å². The number of ether oxygens (including phenoxy) is 2. The molecule has 0 amide bonds. The standard InChI is InChI=1S/C9H9BO3/c1-6(11)13-7-3-4-9(12-2)8(10)5-7/h3-5H,1-2H3. The van der Waals surface area contributed by atoms with Crippen LogP contribution >= 0.6 is 0 Å². The molecule has 3 nitrogen and oxygen atoms in total. The molecular weight excluding hydrogens is 167 g/mol. The number of esters is 1. The topological polar surface area (TPSA) is 35.5 Å². The molecule has 0 aliphatic heterocycles. The van der Waals surface area contributed by atoms with Crippen LogP contribution in [0.3, 0.4) is 0 Å². The fraction of sp³-hybridized carbons (Fsp3) is 0.222. The molecule has 0 heterocycles. The average Bonchev–Trinajstić information content (AvgIpc) is 2.03. The van der Waals surface area contributed by atoms with Crippen molar-refractivity contribution < 1.29 is 14.3 Å². The fourth-order valence-electron chi connectivity index (χ4n) is 0.942. The highest BCUT2D eigenvalue weighted by Gasteiger charge is 2.01. The van der Waals surface area contributed by atoms with Crippen LogP contribution in [0.4, 0.5) is 0 Å². The Morgan fingerprint density at radius 2 is 2.15 bits per heavy atom. The molecule has 0 saturated heterocycles. The highest BCUT2D eigenvalue weighted by Crippen LogP contribution is 2.14. The Morgan fingerprint density at radius 3 is 2.62 bits per heavy atom. The number of benzene rings is 1. The number of hydrogen-bond donors (Lipinski definition) is 0. The van der Waals surface area contributed by atoms with Crippen molar-refractivity contribution in [1.29, 1.82) is 0 Å². The number of hydrogen-bond acceptors (Lipinski definition) is 3. The Bertz CT molecular complexity index is 323. The molecule has 2 radical (unpaired) electrons. The summed E-state index contributed by atoms with van der Waals surface area (Å²) in [6.45, 7) is 1.33. The van der Waals surface area contributed by atoms with Crippen molar-refractivity contribution in [3.63, 3.8) is 0 Å². The lowest BCUT2D eigenvalue weighted by molar-refractivity contribution is -0.131. The highest BCUT2D eigenvalue weighted by molar-refractivity contribution is 6.34. The van der Waals surface area contributed by atoms with Gasteiger partial charge >= 0.3 is 5.97 Å². The van der Waals surface area contributed by atoms with Crippen molar-refractivity contribution in [3.8, 4) is 11.5 Å². The molecule has 13 heavy (non-hydrogen) atoms. The first-order valence-electron chi connectivity index (χ1n) is 3.75. The minimum atomic E-state index is -0.371. The summed E-state index contributed by atoms with van der Waals surface area (Å²) in [6, 6.07) is 4.81. The largest absolute Gasteiger partial charge is 0.497 e. The van der Waals surface area contributed by atoms with Gasteiger partial charge < -0.3 is 9.47 Å². The summed E-state index contributed by atoms with van der Waals surface area (Å²) in [5.41, 5.74) is 0.446. The Hall–Kier alpha value is -1.45. The first-order chi connectivity index (χ1) is 6.13. The number of carbonyl (C=O) groups is 1. The van der Waals surface area contributed by atoms with Gasteiger partial charge in [-0.1, -0.05) is 5.46 Å². The Morgan fingerprint density at radius 1 is 1.46 bits per heavy atom. The molecule has 66 valence electrons. The number of rotatable bonds is 2. The van der Waals surface area contributed by atoms with E-state index in [-0.39, 0.29) is 5.97 Å². The van der Waals surface area contributed by atoms with Crippen molar-refractivity contribution in [3.05, 3.63) is 18.2 Å². The van der Waals surface area contributed by atoms with Crippen LogP contribution in [0.25, 0.3) is 0 Å². The SMILES string of the molecule is [B]c1cc(OC(C)=O)ccc1OC. The fourth-order valence-corrected chi connectivity index (χ4v) is 0.942. The molecule has 0 N–H and O–H groups in total. The van der Waals surface area contributed by atoms with E-state index in [1.54, 1.807) is 18.2 Å². The van der Waals surface area contributed by atoms with Gasteiger partial charge in [-0.05, 0) is 18.2 Å². The Balaban J connectivity index is 2.89.